The third kappa shape index (κ3) is 5.23. The minimum Gasteiger partial charge on any atom is -0.493 e. The number of para-hydroxylation sites is 1. The first-order chi connectivity index (χ1) is 12.7. The fraction of sp³-hybridized carbons (Fsp3) is 0.381. The molecule has 0 unspecified atom stereocenters. The van der Waals surface area contributed by atoms with E-state index >= 15 is 0 Å². The van der Waals surface area contributed by atoms with E-state index < -0.39 is 0 Å². The number of nitrogens with zero attached hydrogens (tertiary/aromatic N) is 1. The van der Waals surface area contributed by atoms with Gasteiger partial charge in [0.05, 0.1) is 19.8 Å². The predicted octanol–water partition coefficient (Wildman–Crippen LogP) is 3.86. The average molecular weight is 353 g/mol. The maximum Gasteiger partial charge on any atom is 0.193 e. The summed E-state index contributed by atoms with van der Waals surface area (Å²) in [5.74, 6) is 2.01. The summed E-state index contributed by atoms with van der Waals surface area (Å²) in [7, 11) is 1.68. The Labute approximate surface area is 155 Å². The maximum absolute atomic E-state index is 6.09. The molecule has 0 bridgehead atoms. The first-order valence-electron chi connectivity index (χ1n) is 9.02. The van der Waals surface area contributed by atoms with Gasteiger partial charge in [-0.25, -0.2) is 4.99 Å². The van der Waals surface area contributed by atoms with E-state index in [9.17, 15) is 0 Å². The first-order valence-corrected chi connectivity index (χ1v) is 9.02. The van der Waals surface area contributed by atoms with Gasteiger partial charge in [0.2, 0.25) is 0 Å². The van der Waals surface area contributed by atoms with Gasteiger partial charge in [-0.05, 0) is 43.4 Å². The van der Waals surface area contributed by atoms with Crippen LogP contribution in [0.3, 0.4) is 0 Å². The van der Waals surface area contributed by atoms with Crippen LogP contribution in [-0.4, -0.2) is 19.7 Å². The number of nitrogens with two attached hydrogens (primary N) is 1. The second-order valence-electron chi connectivity index (χ2n) is 6.78. The Kier molecular flexibility index (Phi) is 6.12. The standard InChI is InChI=1S/C21H27N3O2/c1-15-7-10-17(20(11-15)26-13-16-8-9-16)12-23-21(22)24-19-6-4-3-5-18(19)14-25-2/h3-7,10-11,16H,8-9,12-14H2,1-2H3,(H3,22,23,24). The van der Waals surface area contributed by atoms with E-state index in [1.807, 2.05) is 24.3 Å². The molecule has 0 aliphatic heterocycles. The number of nitrogens with one attached hydrogen (secondary N) is 1. The van der Waals surface area contributed by atoms with E-state index in [-0.39, 0.29) is 0 Å². The summed E-state index contributed by atoms with van der Waals surface area (Å²) in [6.45, 7) is 3.86. The van der Waals surface area contributed by atoms with Crippen molar-refractivity contribution in [3.8, 4) is 5.75 Å². The normalized spacial score (nSPS) is 14.3. The number of ether oxygens (including phenoxy) is 2. The number of aliphatic imine (C=N–C) groups is 1. The summed E-state index contributed by atoms with van der Waals surface area (Å²) in [5.41, 5.74) is 10.3. The number of rotatable bonds is 8. The van der Waals surface area contributed by atoms with Crippen LogP contribution in [-0.2, 0) is 17.9 Å². The Morgan fingerprint density at radius 1 is 1.19 bits per heavy atom. The van der Waals surface area contributed by atoms with Crippen LogP contribution in [0.4, 0.5) is 5.69 Å². The zero-order valence-electron chi connectivity index (χ0n) is 15.5. The largest absolute Gasteiger partial charge is 0.493 e. The Morgan fingerprint density at radius 2 is 2.00 bits per heavy atom. The van der Waals surface area contributed by atoms with E-state index in [4.69, 9.17) is 15.2 Å². The van der Waals surface area contributed by atoms with Crippen molar-refractivity contribution in [2.24, 2.45) is 16.6 Å². The number of methoxy groups -OCH3 is 1. The Balaban J connectivity index is 1.66. The van der Waals surface area contributed by atoms with Crippen LogP contribution in [0.25, 0.3) is 0 Å². The summed E-state index contributed by atoms with van der Waals surface area (Å²) in [4.78, 5) is 4.49. The molecule has 138 valence electrons. The molecule has 2 aromatic carbocycles. The second-order valence-corrected chi connectivity index (χ2v) is 6.78. The van der Waals surface area contributed by atoms with Gasteiger partial charge in [-0.2, -0.15) is 0 Å². The lowest BCUT2D eigenvalue weighted by molar-refractivity contribution is 0.185. The van der Waals surface area contributed by atoms with Gasteiger partial charge in [0, 0.05) is 23.9 Å². The zero-order chi connectivity index (χ0) is 18.4. The SMILES string of the molecule is COCc1ccccc1NC(N)=NCc1ccc(C)cc1OCC1CC1. The van der Waals surface area contributed by atoms with Gasteiger partial charge in [-0.3, -0.25) is 0 Å². The number of guanidine groups is 1. The third-order valence-corrected chi connectivity index (χ3v) is 4.39. The Bertz CT molecular complexity index is 770. The van der Waals surface area contributed by atoms with Crippen molar-refractivity contribution in [3.63, 3.8) is 0 Å². The molecule has 3 rings (SSSR count). The summed E-state index contributed by atoms with van der Waals surface area (Å²) in [6.07, 6.45) is 2.55. The van der Waals surface area contributed by atoms with E-state index in [1.54, 1.807) is 7.11 Å². The molecule has 26 heavy (non-hydrogen) atoms. The zero-order valence-corrected chi connectivity index (χ0v) is 15.5. The highest BCUT2D eigenvalue weighted by Gasteiger charge is 2.22. The summed E-state index contributed by atoms with van der Waals surface area (Å²) in [5, 5.41) is 3.16. The molecule has 0 saturated heterocycles. The highest BCUT2D eigenvalue weighted by atomic mass is 16.5. The highest BCUT2D eigenvalue weighted by Crippen LogP contribution is 2.31. The van der Waals surface area contributed by atoms with Crippen LogP contribution < -0.4 is 15.8 Å². The van der Waals surface area contributed by atoms with Crippen molar-refractivity contribution in [2.75, 3.05) is 19.0 Å². The van der Waals surface area contributed by atoms with Gasteiger partial charge in [0.1, 0.15) is 5.75 Å². The highest BCUT2D eigenvalue weighted by molar-refractivity contribution is 5.93. The first kappa shape index (κ1) is 18.3. The molecule has 0 heterocycles. The lowest BCUT2D eigenvalue weighted by atomic mass is 10.1. The summed E-state index contributed by atoms with van der Waals surface area (Å²) >= 11 is 0. The van der Waals surface area contributed by atoms with Crippen molar-refractivity contribution in [1.29, 1.82) is 0 Å². The number of aryl methyl sites for hydroxylation is 1. The van der Waals surface area contributed by atoms with Crippen LogP contribution in [0.1, 0.15) is 29.5 Å². The second kappa shape index (κ2) is 8.72. The fourth-order valence-corrected chi connectivity index (χ4v) is 2.69. The maximum atomic E-state index is 6.09. The minimum atomic E-state index is 0.377. The molecular weight excluding hydrogens is 326 g/mol. The molecule has 2 aromatic rings. The molecule has 0 amide bonds. The van der Waals surface area contributed by atoms with Gasteiger partial charge in [-0.15, -0.1) is 0 Å². The number of hydrogen-bond acceptors (Lipinski definition) is 3. The van der Waals surface area contributed by atoms with Crippen molar-refractivity contribution in [1.82, 2.24) is 0 Å². The minimum absolute atomic E-state index is 0.377. The van der Waals surface area contributed by atoms with Crippen LogP contribution >= 0.6 is 0 Å². The molecule has 0 aromatic heterocycles. The van der Waals surface area contributed by atoms with Crippen molar-refractivity contribution >= 4 is 11.6 Å². The quantitative estimate of drug-likeness (QED) is 0.558. The van der Waals surface area contributed by atoms with E-state index in [0.29, 0.717) is 19.1 Å². The topological polar surface area (TPSA) is 68.9 Å². The summed E-state index contributed by atoms with van der Waals surface area (Å²) < 4.78 is 11.2. The lowest BCUT2D eigenvalue weighted by Gasteiger charge is -2.13. The lowest BCUT2D eigenvalue weighted by Crippen LogP contribution is -2.23. The smallest absolute Gasteiger partial charge is 0.193 e. The Hall–Kier alpha value is -2.53. The molecule has 1 aliphatic carbocycles. The van der Waals surface area contributed by atoms with Gasteiger partial charge < -0.3 is 20.5 Å². The van der Waals surface area contributed by atoms with Crippen LogP contribution in [0.15, 0.2) is 47.5 Å². The van der Waals surface area contributed by atoms with Crippen LogP contribution in [0.2, 0.25) is 0 Å². The molecule has 0 radical (unpaired) electrons. The van der Waals surface area contributed by atoms with Crippen molar-refractivity contribution in [3.05, 3.63) is 59.2 Å². The van der Waals surface area contributed by atoms with Crippen molar-refractivity contribution in [2.45, 2.75) is 32.9 Å². The molecule has 3 N–H and O–H groups in total. The summed E-state index contributed by atoms with van der Waals surface area (Å²) in [6, 6.07) is 14.1. The monoisotopic (exact) mass is 353 g/mol. The molecule has 0 atom stereocenters. The van der Waals surface area contributed by atoms with E-state index in [1.165, 1.54) is 18.4 Å². The molecule has 0 spiro atoms. The average Bonchev–Trinajstić information content (AvgIpc) is 3.45. The van der Waals surface area contributed by atoms with Gasteiger partial charge in [-0.1, -0.05) is 30.3 Å². The van der Waals surface area contributed by atoms with E-state index in [2.05, 4.69) is 35.4 Å². The van der Waals surface area contributed by atoms with Crippen LogP contribution in [0.5, 0.6) is 5.75 Å². The number of benzene rings is 2. The fourth-order valence-electron chi connectivity index (χ4n) is 2.69. The van der Waals surface area contributed by atoms with Gasteiger partial charge in [0.25, 0.3) is 0 Å². The predicted molar refractivity (Wildman–Crippen MR) is 106 cm³/mol. The molecule has 5 heteroatoms. The van der Waals surface area contributed by atoms with Gasteiger partial charge >= 0.3 is 0 Å². The molecule has 1 aliphatic rings. The molecule has 1 fully saturated rings. The molecule has 1 saturated carbocycles. The molecule has 5 nitrogen and oxygen atoms in total. The third-order valence-electron chi connectivity index (χ3n) is 4.39. The number of hydrogen-bond donors (Lipinski definition) is 2. The number of anilines is 1. The van der Waals surface area contributed by atoms with Crippen molar-refractivity contribution < 1.29 is 9.47 Å². The van der Waals surface area contributed by atoms with Crippen LogP contribution in [0, 0.1) is 12.8 Å². The Morgan fingerprint density at radius 3 is 2.77 bits per heavy atom. The van der Waals surface area contributed by atoms with Gasteiger partial charge in [0.15, 0.2) is 5.96 Å². The van der Waals surface area contributed by atoms with E-state index in [0.717, 1.165) is 35.1 Å². The molecular formula is C21H27N3O2.